The summed E-state index contributed by atoms with van der Waals surface area (Å²) in [7, 11) is 2.13. The van der Waals surface area contributed by atoms with Crippen molar-refractivity contribution in [2.45, 2.75) is 39.2 Å². The minimum Gasteiger partial charge on any atom is -0.384 e. The zero-order chi connectivity index (χ0) is 15.2. The van der Waals surface area contributed by atoms with Crippen molar-refractivity contribution in [3.63, 3.8) is 0 Å². The quantitative estimate of drug-likeness (QED) is 0.876. The summed E-state index contributed by atoms with van der Waals surface area (Å²) in [5, 5.41) is 6.55. The fourth-order valence-corrected chi connectivity index (χ4v) is 2.68. The molecule has 1 aromatic rings. The molecule has 0 aromatic heterocycles. The summed E-state index contributed by atoms with van der Waals surface area (Å²) >= 11 is 0. The van der Waals surface area contributed by atoms with Crippen molar-refractivity contribution in [2.75, 3.05) is 32.0 Å². The van der Waals surface area contributed by atoms with Crippen LogP contribution in [0.4, 0.5) is 5.69 Å². The van der Waals surface area contributed by atoms with Crippen molar-refractivity contribution >= 4 is 11.6 Å². The molecule has 1 aliphatic heterocycles. The summed E-state index contributed by atoms with van der Waals surface area (Å²) in [5.41, 5.74) is 2.87. The Balaban J connectivity index is 2.04. The van der Waals surface area contributed by atoms with Crippen LogP contribution in [0.1, 0.15) is 42.1 Å². The summed E-state index contributed by atoms with van der Waals surface area (Å²) < 4.78 is 0. The molecule has 0 atom stereocenters. The minimum absolute atomic E-state index is 0.0446. The van der Waals surface area contributed by atoms with Crippen LogP contribution in [0, 0.1) is 6.92 Å². The largest absolute Gasteiger partial charge is 0.384 e. The number of carbonyl (C=O) groups is 1. The zero-order valence-corrected chi connectivity index (χ0v) is 13.4. The number of rotatable bonds is 5. The van der Waals surface area contributed by atoms with E-state index >= 15 is 0 Å². The van der Waals surface area contributed by atoms with Crippen LogP contribution in [0.5, 0.6) is 0 Å². The Morgan fingerprint density at radius 1 is 1.33 bits per heavy atom. The molecule has 0 spiro atoms. The van der Waals surface area contributed by atoms with Gasteiger partial charge in [0.25, 0.3) is 5.91 Å². The minimum atomic E-state index is 0.0446. The van der Waals surface area contributed by atoms with Gasteiger partial charge in [-0.1, -0.05) is 13.0 Å². The summed E-state index contributed by atoms with van der Waals surface area (Å²) in [6, 6.07) is 6.28. The fourth-order valence-electron chi connectivity index (χ4n) is 2.68. The van der Waals surface area contributed by atoms with Gasteiger partial charge in [0.2, 0.25) is 0 Å². The Morgan fingerprint density at radius 3 is 2.71 bits per heavy atom. The standard InChI is InChI=1S/C17H27N3O/c1-4-9-18-16-12-13(2)5-6-15(16)17(21)19-14-7-10-20(3)11-8-14/h5-6,12,14,18H,4,7-11H2,1-3H3,(H,19,21). The third kappa shape index (κ3) is 4.46. The van der Waals surface area contributed by atoms with E-state index in [0.717, 1.165) is 50.1 Å². The number of aryl methyl sites for hydroxylation is 1. The lowest BCUT2D eigenvalue weighted by atomic mass is 10.0. The van der Waals surface area contributed by atoms with E-state index in [-0.39, 0.29) is 5.91 Å². The molecule has 1 heterocycles. The lowest BCUT2D eigenvalue weighted by Crippen LogP contribution is -2.43. The second kappa shape index (κ2) is 7.46. The SMILES string of the molecule is CCCNc1cc(C)ccc1C(=O)NC1CCN(C)CC1. The second-order valence-corrected chi connectivity index (χ2v) is 6.03. The van der Waals surface area contributed by atoms with Crippen LogP contribution in [-0.4, -0.2) is 43.5 Å². The van der Waals surface area contributed by atoms with E-state index in [9.17, 15) is 4.79 Å². The molecule has 1 amide bonds. The third-order valence-corrected chi connectivity index (χ3v) is 4.04. The molecule has 1 fully saturated rings. The van der Waals surface area contributed by atoms with Gasteiger partial charge in [-0.3, -0.25) is 4.79 Å². The molecular weight excluding hydrogens is 262 g/mol. The van der Waals surface area contributed by atoms with E-state index in [1.165, 1.54) is 5.56 Å². The van der Waals surface area contributed by atoms with Crippen LogP contribution in [0.3, 0.4) is 0 Å². The van der Waals surface area contributed by atoms with Crippen molar-refractivity contribution in [3.05, 3.63) is 29.3 Å². The van der Waals surface area contributed by atoms with E-state index in [4.69, 9.17) is 0 Å². The van der Waals surface area contributed by atoms with Crippen molar-refractivity contribution in [2.24, 2.45) is 0 Å². The van der Waals surface area contributed by atoms with E-state index in [1.807, 2.05) is 12.1 Å². The summed E-state index contributed by atoms with van der Waals surface area (Å²) in [6.07, 6.45) is 3.11. The molecule has 1 saturated heterocycles. The highest BCUT2D eigenvalue weighted by Gasteiger charge is 2.20. The molecule has 2 N–H and O–H groups in total. The first-order chi connectivity index (χ1) is 10.1. The van der Waals surface area contributed by atoms with Crippen molar-refractivity contribution in [1.82, 2.24) is 10.2 Å². The van der Waals surface area contributed by atoms with Crippen LogP contribution in [0.2, 0.25) is 0 Å². The molecule has 0 aliphatic carbocycles. The van der Waals surface area contributed by atoms with Crippen molar-refractivity contribution in [3.8, 4) is 0 Å². The molecule has 0 unspecified atom stereocenters. The third-order valence-electron chi connectivity index (χ3n) is 4.04. The smallest absolute Gasteiger partial charge is 0.253 e. The summed E-state index contributed by atoms with van der Waals surface area (Å²) in [5.74, 6) is 0.0446. The maximum atomic E-state index is 12.5. The van der Waals surface area contributed by atoms with Gasteiger partial charge in [-0.2, -0.15) is 0 Å². The highest BCUT2D eigenvalue weighted by atomic mass is 16.1. The van der Waals surface area contributed by atoms with Gasteiger partial charge in [-0.25, -0.2) is 0 Å². The Kier molecular flexibility index (Phi) is 5.62. The van der Waals surface area contributed by atoms with E-state index in [2.05, 4.69) is 42.5 Å². The maximum Gasteiger partial charge on any atom is 0.253 e. The van der Waals surface area contributed by atoms with Crippen LogP contribution in [0.25, 0.3) is 0 Å². The molecule has 21 heavy (non-hydrogen) atoms. The number of piperidine rings is 1. The van der Waals surface area contributed by atoms with Gasteiger partial charge >= 0.3 is 0 Å². The number of anilines is 1. The summed E-state index contributed by atoms with van der Waals surface area (Å²) in [6.45, 7) is 7.17. The predicted molar refractivity (Wildman–Crippen MR) is 87.9 cm³/mol. The molecule has 0 radical (unpaired) electrons. The zero-order valence-electron chi connectivity index (χ0n) is 13.4. The number of nitrogens with zero attached hydrogens (tertiary/aromatic N) is 1. The van der Waals surface area contributed by atoms with Crippen LogP contribution in [0.15, 0.2) is 18.2 Å². The van der Waals surface area contributed by atoms with E-state index in [1.54, 1.807) is 0 Å². The number of amides is 1. The Labute approximate surface area is 127 Å². The molecule has 2 rings (SSSR count). The molecule has 0 bridgehead atoms. The first-order valence-electron chi connectivity index (χ1n) is 7.94. The van der Waals surface area contributed by atoms with Gasteiger partial charge in [0.1, 0.15) is 0 Å². The van der Waals surface area contributed by atoms with Crippen LogP contribution >= 0.6 is 0 Å². The molecule has 1 aromatic carbocycles. The van der Waals surface area contributed by atoms with E-state index in [0.29, 0.717) is 6.04 Å². The average molecular weight is 289 g/mol. The number of benzene rings is 1. The van der Waals surface area contributed by atoms with Crippen molar-refractivity contribution < 1.29 is 4.79 Å². The molecule has 4 nitrogen and oxygen atoms in total. The fraction of sp³-hybridized carbons (Fsp3) is 0.588. The summed E-state index contributed by atoms with van der Waals surface area (Å²) in [4.78, 5) is 14.8. The Morgan fingerprint density at radius 2 is 2.05 bits per heavy atom. The Hall–Kier alpha value is -1.55. The monoisotopic (exact) mass is 289 g/mol. The molecule has 116 valence electrons. The first-order valence-corrected chi connectivity index (χ1v) is 7.94. The van der Waals surface area contributed by atoms with Gasteiger partial charge in [-0.05, 0) is 64.0 Å². The topological polar surface area (TPSA) is 44.4 Å². The molecular formula is C17H27N3O. The van der Waals surface area contributed by atoms with Gasteiger partial charge in [0, 0.05) is 18.3 Å². The highest BCUT2D eigenvalue weighted by Crippen LogP contribution is 2.19. The predicted octanol–water partition coefficient (Wildman–Crippen LogP) is 2.64. The number of carbonyl (C=O) groups excluding carboxylic acids is 1. The number of likely N-dealkylation sites (tertiary alicyclic amines) is 1. The van der Waals surface area contributed by atoms with E-state index < -0.39 is 0 Å². The lowest BCUT2D eigenvalue weighted by molar-refractivity contribution is 0.0917. The van der Waals surface area contributed by atoms with Gasteiger partial charge in [0.15, 0.2) is 0 Å². The second-order valence-electron chi connectivity index (χ2n) is 6.03. The van der Waals surface area contributed by atoms with Gasteiger partial charge in [-0.15, -0.1) is 0 Å². The molecule has 1 aliphatic rings. The number of hydrogen-bond donors (Lipinski definition) is 2. The van der Waals surface area contributed by atoms with Gasteiger partial charge in [0.05, 0.1) is 5.56 Å². The first kappa shape index (κ1) is 15.8. The van der Waals surface area contributed by atoms with Crippen molar-refractivity contribution in [1.29, 1.82) is 0 Å². The van der Waals surface area contributed by atoms with Gasteiger partial charge < -0.3 is 15.5 Å². The maximum absolute atomic E-state index is 12.5. The Bertz CT molecular complexity index is 479. The molecule has 0 saturated carbocycles. The van der Waals surface area contributed by atoms with Crippen LogP contribution < -0.4 is 10.6 Å². The highest BCUT2D eigenvalue weighted by molar-refractivity contribution is 5.99. The normalized spacial score (nSPS) is 16.7. The van der Waals surface area contributed by atoms with Crippen LogP contribution in [-0.2, 0) is 0 Å². The average Bonchev–Trinajstić information content (AvgIpc) is 2.47. The lowest BCUT2D eigenvalue weighted by Gasteiger charge is -2.29. The molecule has 4 heteroatoms. The number of nitrogens with one attached hydrogen (secondary N) is 2. The number of hydrogen-bond acceptors (Lipinski definition) is 3.